The van der Waals surface area contributed by atoms with Gasteiger partial charge in [-0.25, -0.2) is 0 Å². The highest BCUT2D eigenvalue weighted by Crippen LogP contribution is 2.41. The largest absolute Gasteiger partial charge is 0.539 e. The number of allylic oxidation sites excluding steroid dienone is 1. The molecule has 0 saturated heterocycles. The van der Waals surface area contributed by atoms with Crippen molar-refractivity contribution in [3.05, 3.63) is 46.8 Å². The summed E-state index contributed by atoms with van der Waals surface area (Å²) in [5.74, 6) is -0.605. The van der Waals surface area contributed by atoms with Crippen molar-refractivity contribution in [2.24, 2.45) is 5.41 Å². The van der Waals surface area contributed by atoms with Crippen molar-refractivity contribution in [1.29, 1.82) is 0 Å². The van der Waals surface area contributed by atoms with E-state index in [2.05, 4.69) is 15.9 Å². The first-order valence-electron chi connectivity index (χ1n) is 8.75. The topological polar surface area (TPSA) is 94.1 Å². The lowest BCUT2D eigenvalue weighted by atomic mass is 9.73. The molecule has 140 valence electrons. The maximum Gasteiger partial charge on any atom is 0.266 e. The Morgan fingerprint density at radius 3 is 2.70 bits per heavy atom. The Hall–Kier alpha value is -2.74. The molecule has 0 spiro atoms. The van der Waals surface area contributed by atoms with E-state index in [1.54, 1.807) is 0 Å². The van der Waals surface area contributed by atoms with Gasteiger partial charge in [0.1, 0.15) is 6.04 Å². The molecule has 0 amide bonds. The first kappa shape index (κ1) is 17.7. The minimum absolute atomic E-state index is 0.00944. The molecule has 8 heteroatoms. The third-order valence-electron chi connectivity index (χ3n) is 4.94. The normalized spacial score (nSPS) is 21.5. The summed E-state index contributed by atoms with van der Waals surface area (Å²) in [6.07, 6.45) is 1.08. The second-order valence-electron chi connectivity index (χ2n) is 7.86. The molecule has 7 nitrogen and oxygen atoms in total. The molecule has 2 heterocycles. The number of hydrogen-bond acceptors (Lipinski definition) is 5. The second kappa shape index (κ2) is 6.16. The van der Waals surface area contributed by atoms with Crippen molar-refractivity contribution in [2.75, 3.05) is 0 Å². The summed E-state index contributed by atoms with van der Waals surface area (Å²) in [6.45, 7) is 6.06. The Kier molecular flexibility index (Phi) is 4.03. The Morgan fingerprint density at radius 1 is 1.30 bits per heavy atom. The number of carbonyl (C=O) groups is 1. The minimum atomic E-state index is -0.697. The van der Waals surface area contributed by atoms with E-state index in [1.165, 1.54) is 4.68 Å². The van der Waals surface area contributed by atoms with Crippen molar-refractivity contribution in [2.45, 2.75) is 39.7 Å². The van der Waals surface area contributed by atoms with Gasteiger partial charge < -0.3 is 20.3 Å². The lowest BCUT2D eigenvalue weighted by Crippen LogP contribution is -2.52. The van der Waals surface area contributed by atoms with E-state index >= 15 is 0 Å². The van der Waals surface area contributed by atoms with Crippen LogP contribution in [-0.4, -0.2) is 16.2 Å². The zero-order valence-corrected chi connectivity index (χ0v) is 16.1. The van der Waals surface area contributed by atoms with Gasteiger partial charge in [0.05, 0.1) is 5.27 Å². The van der Waals surface area contributed by atoms with Gasteiger partial charge in [0.25, 0.3) is 5.69 Å². The smallest absolute Gasteiger partial charge is 0.266 e. The fourth-order valence-electron chi connectivity index (χ4n) is 3.73. The summed E-state index contributed by atoms with van der Waals surface area (Å²) in [7, 11) is 0. The number of hydrogen-bond donors (Lipinski definition) is 2. The summed E-state index contributed by atoms with van der Waals surface area (Å²) in [5, 5.41) is 22.9. The molecular formula is C19H20N4O3S. The Bertz CT molecular complexity index is 975. The van der Waals surface area contributed by atoms with E-state index in [-0.39, 0.29) is 16.9 Å². The number of aryl methyl sites for hydroxylation is 1. The molecule has 1 aromatic carbocycles. The first-order valence-corrected chi connectivity index (χ1v) is 9.16. The average Bonchev–Trinajstić information content (AvgIpc) is 2.94. The van der Waals surface area contributed by atoms with Crippen LogP contribution in [0.15, 0.2) is 40.1 Å². The van der Waals surface area contributed by atoms with Crippen LogP contribution < -0.4 is 20.4 Å². The summed E-state index contributed by atoms with van der Waals surface area (Å²) in [6, 6.07) is 6.84. The molecule has 1 unspecified atom stereocenters. The monoisotopic (exact) mass is 384 g/mol. The molecule has 2 aromatic rings. The third kappa shape index (κ3) is 3.10. The highest BCUT2D eigenvalue weighted by atomic mass is 32.1. The number of rotatable bonds is 2. The molecule has 1 aliphatic heterocycles. The van der Waals surface area contributed by atoms with Crippen LogP contribution in [0.2, 0.25) is 0 Å². The van der Waals surface area contributed by atoms with Gasteiger partial charge in [-0.15, -0.1) is 0 Å². The molecule has 0 radical (unpaired) electrons. The first-order chi connectivity index (χ1) is 12.7. The zero-order chi connectivity index (χ0) is 19.3. The van der Waals surface area contributed by atoms with Crippen molar-refractivity contribution in [1.82, 2.24) is 15.9 Å². The Labute approximate surface area is 162 Å². The quantitative estimate of drug-likeness (QED) is 0.598. The van der Waals surface area contributed by atoms with E-state index in [9.17, 15) is 9.90 Å². The molecule has 27 heavy (non-hydrogen) atoms. The number of nitrogens with zero attached hydrogens (tertiary/aromatic N) is 2. The highest BCUT2D eigenvalue weighted by Gasteiger charge is 2.44. The molecule has 2 N–H and O–H groups in total. The second-order valence-corrected chi connectivity index (χ2v) is 8.27. The van der Waals surface area contributed by atoms with Crippen LogP contribution in [0.25, 0.3) is 5.69 Å². The molecule has 2 aliphatic rings. The predicted molar refractivity (Wildman–Crippen MR) is 98.9 cm³/mol. The fourth-order valence-corrected chi connectivity index (χ4v) is 3.97. The number of aromatic nitrogens is 2. The van der Waals surface area contributed by atoms with Crippen LogP contribution >= 0.6 is 12.2 Å². The van der Waals surface area contributed by atoms with Gasteiger partial charge >= 0.3 is 0 Å². The van der Waals surface area contributed by atoms with Crippen molar-refractivity contribution in [3.63, 3.8) is 0 Å². The number of ketones is 1. The molecule has 0 fully saturated rings. The van der Waals surface area contributed by atoms with Crippen LogP contribution in [0, 0.1) is 12.3 Å². The predicted octanol–water partition coefficient (Wildman–Crippen LogP) is 1.50. The number of Topliss-reactive ketones (excluding diaryl/α,β-unsaturated/α-hetero) is 1. The number of thiocarbonyl (C=S) groups is 1. The van der Waals surface area contributed by atoms with Gasteiger partial charge in [0.15, 0.2) is 16.8 Å². The van der Waals surface area contributed by atoms with Gasteiger partial charge in [-0.2, -0.15) is 0 Å². The van der Waals surface area contributed by atoms with Gasteiger partial charge in [-0.05, 0) is 35.7 Å². The molecule has 0 bridgehead atoms. The maximum absolute atomic E-state index is 12.9. The molecule has 0 saturated carbocycles. The molecule has 4 rings (SSSR count). The Balaban J connectivity index is 1.86. The van der Waals surface area contributed by atoms with E-state index in [0.29, 0.717) is 29.2 Å². The standard InChI is InChI=1S/C19H20N4O3S/c1-10-4-6-11(7-5-10)23-16(17(25)26-22-23)15-14-12(20-18(27)21-15)8-19(2,3)9-13(14)24/h4-7,15H,8-9H2,1-3H3,(H2-,20,21,22,24,25,27). The van der Waals surface area contributed by atoms with Crippen LogP contribution in [0.4, 0.5) is 0 Å². The summed E-state index contributed by atoms with van der Waals surface area (Å²) in [5.41, 5.74) is 3.14. The van der Waals surface area contributed by atoms with Gasteiger partial charge in [0.2, 0.25) is 5.69 Å². The molecule has 1 atom stereocenters. The van der Waals surface area contributed by atoms with Crippen LogP contribution in [-0.2, 0) is 4.79 Å². The minimum Gasteiger partial charge on any atom is -0.539 e. The van der Waals surface area contributed by atoms with Crippen molar-refractivity contribution < 1.29 is 19.1 Å². The van der Waals surface area contributed by atoms with Crippen LogP contribution in [0.1, 0.15) is 44.0 Å². The summed E-state index contributed by atoms with van der Waals surface area (Å²) in [4.78, 5) is 12.9. The molecular weight excluding hydrogens is 364 g/mol. The van der Waals surface area contributed by atoms with E-state index in [4.69, 9.17) is 16.7 Å². The maximum atomic E-state index is 12.9. The van der Waals surface area contributed by atoms with E-state index < -0.39 is 12.0 Å². The lowest BCUT2D eigenvalue weighted by Gasteiger charge is -2.38. The third-order valence-corrected chi connectivity index (χ3v) is 5.16. The van der Waals surface area contributed by atoms with Crippen LogP contribution in [0.5, 0.6) is 5.95 Å². The Morgan fingerprint density at radius 2 is 2.00 bits per heavy atom. The zero-order valence-electron chi connectivity index (χ0n) is 15.3. The van der Waals surface area contributed by atoms with E-state index in [1.807, 2.05) is 45.0 Å². The summed E-state index contributed by atoms with van der Waals surface area (Å²) >= 11 is 5.33. The lowest BCUT2D eigenvalue weighted by molar-refractivity contribution is -0.678. The molecule has 1 aromatic heterocycles. The number of carbonyl (C=O) groups excluding carboxylic acids is 1. The number of nitrogens with one attached hydrogen (secondary N) is 2. The van der Waals surface area contributed by atoms with Crippen LogP contribution in [0.3, 0.4) is 0 Å². The van der Waals surface area contributed by atoms with Gasteiger partial charge in [-0.1, -0.05) is 31.5 Å². The molecule has 1 aliphatic carbocycles. The highest BCUT2D eigenvalue weighted by molar-refractivity contribution is 7.80. The van der Waals surface area contributed by atoms with E-state index in [0.717, 1.165) is 11.3 Å². The fraction of sp³-hybridized carbons (Fsp3) is 0.368. The van der Waals surface area contributed by atoms with Crippen molar-refractivity contribution in [3.8, 4) is 11.6 Å². The van der Waals surface area contributed by atoms with Gasteiger partial charge in [-0.3, -0.25) is 4.79 Å². The number of benzene rings is 1. The van der Waals surface area contributed by atoms with Crippen molar-refractivity contribution >= 4 is 23.1 Å². The van der Waals surface area contributed by atoms with Gasteiger partial charge in [0, 0.05) is 29.8 Å². The summed E-state index contributed by atoms with van der Waals surface area (Å²) < 4.78 is 6.38. The SMILES string of the molecule is Cc1ccc(-[n+]2noc([O-])c2C2NC(=S)NC3=C2C(=O)CC(C)(C)C3)cc1. The average molecular weight is 384 g/mol.